The first-order valence-electron chi connectivity index (χ1n) is 7.95. The fourth-order valence-electron chi connectivity index (χ4n) is 2.45. The van der Waals surface area contributed by atoms with E-state index in [4.69, 9.17) is 0 Å². The van der Waals surface area contributed by atoms with Crippen molar-refractivity contribution >= 4 is 28.6 Å². The van der Waals surface area contributed by atoms with Crippen LogP contribution in [0, 0.1) is 6.92 Å². The third-order valence-electron chi connectivity index (χ3n) is 3.79. The lowest BCUT2D eigenvalue weighted by molar-refractivity contribution is 0.0954. The van der Waals surface area contributed by atoms with Gasteiger partial charge in [0, 0.05) is 17.5 Å². The molecule has 4 rings (SSSR count). The summed E-state index contributed by atoms with van der Waals surface area (Å²) in [7, 11) is 0. The maximum atomic E-state index is 12.5. The van der Waals surface area contributed by atoms with E-state index < -0.39 is 0 Å². The molecule has 3 heterocycles. The van der Waals surface area contributed by atoms with Gasteiger partial charge in [-0.3, -0.25) is 4.79 Å². The largest absolute Gasteiger partial charge is 0.347 e. The lowest BCUT2D eigenvalue weighted by Gasteiger charge is -2.03. The molecule has 6 nitrogen and oxygen atoms in total. The average molecular weight is 381 g/mol. The number of carbonyl (C=O) groups is 1. The van der Waals surface area contributed by atoms with Gasteiger partial charge >= 0.3 is 0 Å². The molecule has 0 radical (unpaired) electrons. The highest BCUT2D eigenvalue weighted by molar-refractivity contribution is 7.16. The average Bonchev–Trinajstić information content (AvgIpc) is 3.40. The molecule has 1 N–H and O–H groups in total. The number of aromatic nitrogens is 4. The van der Waals surface area contributed by atoms with Crippen molar-refractivity contribution in [2.75, 3.05) is 0 Å². The molecule has 26 heavy (non-hydrogen) atoms. The van der Waals surface area contributed by atoms with Crippen LogP contribution in [-0.4, -0.2) is 25.9 Å². The Bertz CT molecular complexity index is 1020. The molecule has 0 bridgehead atoms. The zero-order valence-corrected chi connectivity index (χ0v) is 15.5. The maximum Gasteiger partial charge on any atom is 0.263 e. The Balaban J connectivity index is 1.51. The lowest BCUT2D eigenvalue weighted by atomic mass is 10.2. The predicted octanol–water partition coefficient (Wildman–Crippen LogP) is 3.69. The summed E-state index contributed by atoms with van der Waals surface area (Å²) >= 11 is 2.92. The van der Waals surface area contributed by atoms with Crippen molar-refractivity contribution in [1.29, 1.82) is 0 Å². The highest BCUT2D eigenvalue weighted by atomic mass is 32.1. The van der Waals surface area contributed by atoms with Gasteiger partial charge < -0.3 is 5.32 Å². The van der Waals surface area contributed by atoms with Crippen molar-refractivity contribution in [2.45, 2.75) is 13.5 Å². The van der Waals surface area contributed by atoms with Crippen LogP contribution < -0.4 is 5.32 Å². The normalized spacial score (nSPS) is 10.8. The second-order valence-corrected chi connectivity index (χ2v) is 7.40. The number of rotatable bonds is 5. The van der Waals surface area contributed by atoms with E-state index in [0.29, 0.717) is 22.2 Å². The summed E-state index contributed by atoms with van der Waals surface area (Å²) in [5.74, 6) is -0.131. The molecule has 3 aromatic heterocycles. The van der Waals surface area contributed by atoms with E-state index in [1.807, 2.05) is 60.3 Å². The van der Waals surface area contributed by atoms with Crippen LogP contribution in [-0.2, 0) is 6.54 Å². The Morgan fingerprint density at radius 3 is 2.85 bits per heavy atom. The molecule has 8 heteroatoms. The molecule has 0 aliphatic heterocycles. The van der Waals surface area contributed by atoms with Gasteiger partial charge in [0.15, 0.2) is 0 Å². The van der Waals surface area contributed by atoms with Gasteiger partial charge in [-0.1, -0.05) is 46.9 Å². The van der Waals surface area contributed by atoms with Crippen LogP contribution in [0.4, 0.5) is 0 Å². The summed E-state index contributed by atoms with van der Waals surface area (Å²) in [5.41, 5.74) is 3.55. The van der Waals surface area contributed by atoms with Gasteiger partial charge in [-0.2, -0.15) is 16.0 Å². The smallest absolute Gasteiger partial charge is 0.263 e. The molecule has 130 valence electrons. The van der Waals surface area contributed by atoms with Gasteiger partial charge in [0.1, 0.15) is 10.6 Å². The number of benzene rings is 1. The monoisotopic (exact) mass is 381 g/mol. The number of carbonyl (C=O) groups excluding carboxylic acids is 1. The molecule has 0 saturated heterocycles. The van der Waals surface area contributed by atoms with E-state index in [1.54, 1.807) is 16.0 Å². The van der Waals surface area contributed by atoms with Gasteiger partial charge in [-0.25, -0.2) is 4.98 Å². The SMILES string of the molecule is Cc1nc(-n2cc(-c3ccsc3)nn2)sc1C(=O)NCc1ccccc1. The fourth-order valence-corrected chi connectivity index (χ4v) is 4.00. The molecule has 0 aliphatic rings. The first-order valence-corrected chi connectivity index (χ1v) is 9.71. The molecule has 1 aromatic carbocycles. The van der Waals surface area contributed by atoms with Crippen LogP contribution in [0.1, 0.15) is 20.9 Å². The van der Waals surface area contributed by atoms with Crippen LogP contribution in [0.25, 0.3) is 16.4 Å². The molecular formula is C18H15N5OS2. The fraction of sp³-hybridized carbons (Fsp3) is 0.111. The van der Waals surface area contributed by atoms with Crippen molar-refractivity contribution in [3.63, 3.8) is 0 Å². The van der Waals surface area contributed by atoms with Crippen molar-refractivity contribution in [3.05, 3.63) is 69.5 Å². The molecule has 0 spiro atoms. The number of hydrogen-bond acceptors (Lipinski definition) is 6. The molecule has 0 aliphatic carbocycles. The van der Waals surface area contributed by atoms with Crippen LogP contribution in [0.5, 0.6) is 0 Å². The summed E-state index contributed by atoms with van der Waals surface area (Å²) in [5, 5.41) is 15.9. The van der Waals surface area contributed by atoms with Gasteiger partial charge in [-0.15, -0.1) is 5.10 Å². The standard InChI is InChI=1S/C18H15N5OS2/c1-12-16(17(24)19-9-13-5-3-2-4-6-13)26-18(20-12)23-10-15(21-22-23)14-7-8-25-11-14/h2-8,10-11H,9H2,1H3,(H,19,24). The van der Waals surface area contributed by atoms with Crippen molar-refractivity contribution in [2.24, 2.45) is 0 Å². The zero-order valence-electron chi connectivity index (χ0n) is 13.9. The first-order chi connectivity index (χ1) is 12.7. The third-order valence-corrected chi connectivity index (χ3v) is 5.62. The Hall–Kier alpha value is -2.84. The Kier molecular flexibility index (Phi) is 4.59. The van der Waals surface area contributed by atoms with E-state index in [0.717, 1.165) is 16.8 Å². The summed E-state index contributed by atoms with van der Waals surface area (Å²) in [4.78, 5) is 17.5. The van der Waals surface area contributed by atoms with Crippen LogP contribution in [0.15, 0.2) is 53.4 Å². The number of aryl methyl sites for hydroxylation is 1. The summed E-state index contributed by atoms with van der Waals surface area (Å²) in [6, 6.07) is 11.8. The molecule has 0 atom stereocenters. The summed E-state index contributed by atoms with van der Waals surface area (Å²) in [6.07, 6.45) is 1.83. The minimum absolute atomic E-state index is 0.131. The second kappa shape index (κ2) is 7.19. The topological polar surface area (TPSA) is 72.7 Å². The number of thiophene rings is 1. The van der Waals surface area contributed by atoms with E-state index in [-0.39, 0.29) is 5.91 Å². The number of nitrogens with zero attached hydrogens (tertiary/aromatic N) is 4. The van der Waals surface area contributed by atoms with Crippen molar-refractivity contribution in [3.8, 4) is 16.4 Å². The quantitative estimate of drug-likeness (QED) is 0.572. The summed E-state index contributed by atoms with van der Waals surface area (Å²) in [6.45, 7) is 2.31. The zero-order chi connectivity index (χ0) is 17.9. The second-order valence-electron chi connectivity index (χ2n) is 5.64. The minimum atomic E-state index is -0.131. The minimum Gasteiger partial charge on any atom is -0.347 e. The van der Waals surface area contributed by atoms with Gasteiger partial charge in [0.05, 0.1) is 11.9 Å². The van der Waals surface area contributed by atoms with Crippen molar-refractivity contribution < 1.29 is 4.79 Å². The highest BCUT2D eigenvalue weighted by Crippen LogP contribution is 2.24. The molecule has 0 fully saturated rings. The van der Waals surface area contributed by atoms with Crippen LogP contribution in [0.3, 0.4) is 0 Å². The van der Waals surface area contributed by atoms with Crippen LogP contribution in [0.2, 0.25) is 0 Å². The maximum absolute atomic E-state index is 12.5. The van der Waals surface area contributed by atoms with Gasteiger partial charge in [0.2, 0.25) is 5.13 Å². The molecule has 0 unspecified atom stereocenters. The highest BCUT2D eigenvalue weighted by Gasteiger charge is 2.17. The first kappa shape index (κ1) is 16.6. The van der Waals surface area contributed by atoms with E-state index >= 15 is 0 Å². The number of thiazole rings is 1. The Morgan fingerprint density at radius 2 is 2.08 bits per heavy atom. The Morgan fingerprint density at radius 1 is 1.23 bits per heavy atom. The Labute approximate surface area is 158 Å². The van der Waals surface area contributed by atoms with Crippen LogP contribution >= 0.6 is 22.7 Å². The third kappa shape index (κ3) is 3.42. The van der Waals surface area contributed by atoms with E-state index in [9.17, 15) is 4.79 Å². The predicted molar refractivity (Wildman–Crippen MR) is 103 cm³/mol. The van der Waals surface area contributed by atoms with E-state index in [1.165, 1.54) is 11.3 Å². The molecular weight excluding hydrogens is 366 g/mol. The summed E-state index contributed by atoms with van der Waals surface area (Å²) < 4.78 is 1.61. The molecule has 4 aromatic rings. The molecule has 0 saturated carbocycles. The molecule has 1 amide bonds. The lowest BCUT2D eigenvalue weighted by Crippen LogP contribution is -2.22. The number of amides is 1. The van der Waals surface area contributed by atoms with Crippen molar-refractivity contribution in [1.82, 2.24) is 25.3 Å². The van der Waals surface area contributed by atoms with Gasteiger partial charge in [0.25, 0.3) is 5.91 Å². The van der Waals surface area contributed by atoms with Gasteiger partial charge in [-0.05, 0) is 23.9 Å². The van der Waals surface area contributed by atoms with E-state index in [2.05, 4.69) is 20.6 Å². The number of nitrogens with one attached hydrogen (secondary N) is 1. The number of hydrogen-bond donors (Lipinski definition) is 1.